The zero-order chi connectivity index (χ0) is 14.9. The number of carbonyl (C=O) groups excluding carboxylic acids is 1. The first kappa shape index (κ1) is 14.8. The van der Waals surface area contributed by atoms with E-state index >= 15 is 0 Å². The standard InChI is InChI=1S/C17H16N2O2/c20-11-4-3-8-15-7-1-2-9-16(15)19-17(21)12-14-6-5-10-18-13-14/h1-2,5-7,9-10,13,20H,4,11-12H2,(H,19,21). The molecule has 106 valence electrons. The Morgan fingerprint density at radius 1 is 1.24 bits per heavy atom. The van der Waals surface area contributed by atoms with Crippen LogP contribution in [0.3, 0.4) is 0 Å². The Hall–Kier alpha value is -2.64. The molecule has 0 atom stereocenters. The molecule has 0 saturated heterocycles. The molecule has 1 heterocycles. The van der Waals surface area contributed by atoms with E-state index < -0.39 is 0 Å². The Morgan fingerprint density at radius 2 is 2.10 bits per heavy atom. The van der Waals surface area contributed by atoms with Crippen LogP contribution < -0.4 is 5.32 Å². The fourth-order valence-electron chi connectivity index (χ4n) is 1.80. The fourth-order valence-corrected chi connectivity index (χ4v) is 1.80. The van der Waals surface area contributed by atoms with Crippen LogP contribution >= 0.6 is 0 Å². The minimum atomic E-state index is -0.112. The quantitative estimate of drug-likeness (QED) is 0.842. The summed E-state index contributed by atoms with van der Waals surface area (Å²) in [5.74, 6) is 5.69. The molecule has 21 heavy (non-hydrogen) atoms. The number of hydrogen-bond acceptors (Lipinski definition) is 3. The molecule has 4 nitrogen and oxygen atoms in total. The summed E-state index contributed by atoms with van der Waals surface area (Å²) in [6.07, 6.45) is 4.03. The average molecular weight is 280 g/mol. The largest absolute Gasteiger partial charge is 0.395 e. The molecule has 2 aromatic rings. The molecule has 2 N–H and O–H groups in total. The Labute approximate surface area is 123 Å². The zero-order valence-electron chi connectivity index (χ0n) is 11.5. The number of aliphatic hydroxyl groups is 1. The van der Waals surface area contributed by atoms with E-state index in [2.05, 4.69) is 22.1 Å². The van der Waals surface area contributed by atoms with Gasteiger partial charge in [-0.2, -0.15) is 0 Å². The first-order chi connectivity index (χ1) is 10.3. The van der Waals surface area contributed by atoms with Crippen molar-refractivity contribution in [1.82, 2.24) is 4.98 Å². The zero-order valence-corrected chi connectivity index (χ0v) is 11.5. The highest BCUT2D eigenvalue weighted by atomic mass is 16.2. The predicted octanol–water partition coefficient (Wildman–Crippen LogP) is 2.00. The lowest BCUT2D eigenvalue weighted by molar-refractivity contribution is -0.115. The number of rotatable bonds is 4. The lowest BCUT2D eigenvalue weighted by Gasteiger charge is -2.07. The molecule has 0 aliphatic rings. The number of carbonyl (C=O) groups is 1. The van der Waals surface area contributed by atoms with Crippen molar-refractivity contribution in [1.29, 1.82) is 0 Å². The van der Waals surface area contributed by atoms with Gasteiger partial charge in [-0.1, -0.05) is 30.0 Å². The van der Waals surface area contributed by atoms with E-state index in [1.165, 1.54) is 0 Å². The van der Waals surface area contributed by atoms with Gasteiger partial charge in [0.1, 0.15) is 0 Å². The van der Waals surface area contributed by atoms with Gasteiger partial charge >= 0.3 is 0 Å². The van der Waals surface area contributed by atoms with E-state index in [0.717, 1.165) is 11.1 Å². The van der Waals surface area contributed by atoms with Crippen molar-refractivity contribution < 1.29 is 9.90 Å². The number of anilines is 1. The second-order valence-corrected chi connectivity index (χ2v) is 4.41. The monoisotopic (exact) mass is 280 g/mol. The molecule has 0 fully saturated rings. The summed E-state index contributed by atoms with van der Waals surface area (Å²) < 4.78 is 0. The van der Waals surface area contributed by atoms with Crippen LogP contribution in [0.4, 0.5) is 5.69 Å². The van der Waals surface area contributed by atoms with Crippen molar-refractivity contribution in [3.8, 4) is 11.8 Å². The molecular formula is C17H16N2O2. The average Bonchev–Trinajstić information content (AvgIpc) is 2.50. The third-order valence-electron chi connectivity index (χ3n) is 2.75. The molecule has 0 unspecified atom stereocenters. The van der Waals surface area contributed by atoms with Crippen LogP contribution in [-0.2, 0) is 11.2 Å². The number of aliphatic hydroxyl groups excluding tert-OH is 1. The normalized spacial score (nSPS) is 9.57. The topological polar surface area (TPSA) is 62.2 Å². The molecule has 4 heteroatoms. The maximum Gasteiger partial charge on any atom is 0.228 e. The Morgan fingerprint density at radius 3 is 2.86 bits per heavy atom. The summed E-state index contributed by atoms with van der Waals surface area (Å²) in [4.78, 5) is 16.0. The van der Waals surface area contributed by atoms with Crippen molar-refractivity contribution in [3.05, 3.63) is 59.9 Å². The molecule has 2 rings (SSSR count). The molecule has 0 bridgehead atoms. The molecule has 1 aromatic carbocycles. The first-order valence-corrected chi connectivity index (χ1v) is 6.67. The maximum atomic E-state index is 12.0. The molecule has 0 spiro atoms. The number of pyridine rings is 1. The summed E-state index contributed by atoms with van der Waals surface area (Å²) in [6, 6.07) is 11.0. The van der Waals surface area contributed by atoms with Crippen LogP contribution in [0, 0.1) is 11.8 Å². The minimum absolute atomic E-state index is 0.0303. The van der Waals surface area contributed by atoms with Crippen LogP contribution in [0.2, 0.25) is 0 Å². The summed E-state index contributed by atoms with van der Waals surface area (Å²) in [7, 11) is 0. The second-order valence-electron chi connectivity index (χ2n) is 4.41. The van der Waals surface area contributed by atoms with Gasteiger partial charge in [0, 0.05) is 24.4 Å². The molecule has 0 saturated carbocycles. The second kappa shape index (κ2) is 7.83. The van der Waals surface area contributed by atoms with Gasteiger partial charge in [0.05, 0.1) is 18.7 Å². The number of aromatic nitrogens is 1. The highest BCUT2D eigenvalue weighted by Gasteiger charge is 2.06. The van der Waals surface area contributed by atoms with Crippen molar-refractivity contribution in [2.75, 3.05) is 11.9 Å². The van der Waals surface area contributed by atoms with Gasteiger partial charge in [-0.3, -0.25) is 9.78 Å². The van der Waals surface area contributed by atoms with E-state index in [1.807, 2.05) is 30.3 Å². The van der Waals surface area contributed by atoms with E-state index in [1.54, 1.807) is 18.5 Å². The predicted molar refractivity (Wildman–Crippen MR) is 81.6 cm³/mol. The molecule has 0 radical (unpaired) electrons. The van der Waals surface area contributed by atoms with Crippen LogP contribution in [-0.4, -0.2) is 22.6 Å². The molecule has 1 amide bonds. The minimum Gasteiger partial charge on any atom is -0.395 e. The van der Waals surface area contributed by atoms with Crippen LogP contribution in [0.25, 0.3) is 0 Å². The van der Waals surface area contributed by atoms with Crippen LogP contribution in [0.15, 0.2) is 48.8 Å². The van der Waals surface area contributed by atoms with Gasteiger partial charge in [-0.05, 0) is 23.8 Å². The highest BCUT2D eigenvalue weighted by Crippen LogP contribution is 2.14. The third-order valence-corrected chi connectivity index (χ3v) is 2.75. The van der Waals surface area contributed by atoms with Gasteiger partial charge in [-0.15, -0.1) is 0 Å². The summed E-state index contributed by atoms with van der Waals surface area (Å²) in [5, 5.41) is 11.6. The van der Waals surface area contributed by atoms with E-state index in [4.69, 9.17) is 5.11 Å². The van der Waals surface area contributed by atoms with Gasteiger partial charge < -0.3 is 10.4 Å². The lowest BCUT2D eigenvalue weighted by atomic mass is 10.1. The van der Waals surface area contributed by atoms with Gasteiger partial charge in [0.25, 0.3) is 0 Å². The summed E-state index contributed by atoms with van der Waals surface area (Å²) in [5.41, 5.74) is 2.28. The smallest absolute Gasteiger partial charge is 0.228 e. The number of hydrogen-bond donors (Lipinski definition) is 2. The van der Waals surface area contributed by atoms with Crippen molar-refractivity contribution >= 4 is 11.6 Å². The van der Waals surface area contributed by atoms with Crippen LogP contribution in [0.1, 0.15) is 17.5 Å². The van der Waals surface area contributed by atoms with Gasteiger partial charge in [0.15, 0.2) is 0 Å². The summed E-state index contributed by atoms with van der Waals surface area (Å²) >= 11 is 0. The Balaban J connectivity index is 2.06. The van der Waals surface area contributed by atoms with Gasteiger partial charge in [0.2, 0.25) is 5.91 Å². The van der Waals surface area contributed by atoms with Crippen LogP contribution in [0.5, 0.6) is 0 Å². The number of benzene rings is 1. The van der Waals surface area contributed by atoms with Gasteiger partial charge in [-0.25, -0.2) is 0 Å². The number of para-hydroxylation sites is 1. The highest BCUT2D eigenvalue weighted by molar-refractivity contribution is 5.93. The Bertz CT molecular complexity index is 657. The first-order valence-electron chi connectivity index (χ1n) is 6.67. The van der Waals surface area contributed by atoms with Crippen molar-refractivity contribution in [3.63, 3.8) is 0 Å². The number of amides is 1. The Kier molecular flexibility index (Phi) is 5.50. The summed E-state index contributed by atoms with van der Waals surface area (Å²) in [6.45, 7) is 0.0303. The fraction of sp³-hybridized carbons (Fsp3) is 0.176. The molecule has 1 aromatic heterocycles. The third kappa shape index (κ3) is 4.75. The van der Waals surface area contributed by atoms with Crippen molar-refractivity contribution in [2.45, 2.75) is 12.8 Å². The number of nitrogens with zero attached hydrogens (tertiary/aromatic N) is 1. The van der Waals surface area contributed by atoms with E-state index in [9.17, 15) is 4.79 Å². The maximum absolute atomic E-state index is 12.0. The SMILES string of the molecule is O=C(Cc1cccnc1)Nc1ccccc1C#CCCO. The number of nitrogens with one attached hydrogen (secondary N) is 1. The lowest BCUT2D eigenvalue weighted by Crippen LogP contribution is -2.15. The molecular weight excluding hydrogens is 264 g/mol. The van der Waals surface area contributed by atoms with Crippen molar-refractivity contribution in [2.24, 2.45) is 0 Å². The van der Waals surface area contributed by atoms with E-state index in [0.29, 0.717) is 12.1 Å². The molecule has 0 aliphatic heterocycles. The molecule has 0 aliphatic carbocycles. The van der Waals surface area contributed by atoms with E-state index in [-0.39, 0.29) is 18.9 Å².